The zero-order valence-electron chi connectivity index (χ0n) is 36.9. The molecule has 0 fully saturated rings. The van der Waals surface area contributed by atoms with Crippen molar-refractivity contribution in [2.75, 3.05) is 26.4 Å². The van der Waals surface area contributed by atoms with Gasteiger partial charge in [-0.25, -0.2) is 4.57 Å². The number of ether oxygens (including phenoxy) is 2. The molecule has 10 nitrogen and oxygen atoms in total. The first-order valence-corrected chi connectivity index (χ1v) is 24.4. The monoisotopic (exact) mass is 851 g/mol. The van der Waals surface area contributed by atoms with E-state index in [0.29, 0.717) is 12.8 Å². The second-order valence-corrected chi connectivity index (χ2v) is 16.5. The van der Waals surface area contributed by atoms with E-state index in [0.717, 1.165) is 57.8 Å². The fourth-order valence-electron chi connectivity index (χ4n) is 5.90. The largest absolute Gasteiger partial charge is 0.472 e. The van der Waals surface area contributed by atoms with E-state index in [9.17, 15) is 24.2 Å². The first kappa shape index (κ1) is 56.4. The van der Waals surface area contributed by atoms with Gasteiger partial charge in [-0.1, -0.05) is 189 Å². The van der Waals surface area contributed by atoms with Crippen molar-refractivity contribution < 1.29 is 47.8 Å². The van der Waals surface area contributed by atoms with Crippen molar-refractivity contribution >= 4 is 19.8 Å². The number of carbonyl (C=O) groups is 2. The average molecular weight is 851 g/mol. The maximum absolute atomic E-state index is 12.6. The van der Waals surface area contributed by atoms with Gasteiger partial charge in [-0.3, -0.25) is 18.6 Å². The van der Waals surface area contributed by atoms with Gasteiger partial charge in [0.1, 0.15) is 12.7 Å². The van der Waals surface area contributed by atoms with Gasteiger partial charge in [-0.15, -0.1) is 0 Å². The Hall–Kier alpha value is -2.59. The van der Waals surface area contributed by atoms with Crippen LogP contribution in [0.3, 0.4) is 0 Å². The molecule has 0 aliphatic heterocycles. The number of rotatable bonds is 42. The number of esters is 2. The molecule has 0 saturated carbocycles. The van der Waals surface area contributed by atoms with Gasteiger partial charge in [-0.2, -0.15) is 0 Å². The Bertz CT molecular complexity index is 1210. The van der Waals surface area contributed by atoms with E-state index >= 15 is 0 Å². The molecule has 0 amide bonds. The molecular weight excluding hydrogens is 767 g/mol. The number of allylic oxidation sites excluding steroid dienone is 12. The van der Waals surface area contributed by atoms with Crippen molar-refractivity contribution in [3.63, 3.8) is 0 Å². The summed E-state index contributed by atoms with van der Waals surface area (Å²) < 4.78 is 32.7. The molecule has 3 N–H and O–H groups in total. The van der Waals surface area contributed by atoms with Gasteiger partial charge in [-0.05, 0) is 51.4 Å². The molecule has 11 heteroatoms. The predicted molar refractivity (Wildman–Crippen MR) is 242 cm³/mol. The fraction of sp³-hybridized carbons (Fsp3) is 0.708. The Labute approximate surface area is 358 Å². The number of phosphoric acid groups is 1. The number of unbranched alkanes of at least 4 members (excludes halogenated alkanes) is 16. The molecule has 3 atom stereocenters. The van der Waals surface area contributed by atoms with Crippen LogP contribution >= 0.6 is 7.82 Å². The number of aliphatic hydroxyl groups is 2. The molecule has 0 aromatic rings. The molecule has 3 unspecified atom stereocenters. The van der Waals surface area contributed by atoms with Gasteiger partial charge in [0.25, 0.3) is 0 Å². The highest BCUT2D eigenvalue weighted by Gasteiger charge is 2.27. The van der Waals surface area contributed by atoms with Gasteiger partial charge in [0.2, 0.25) is 0 Å². The Morgan fingerprint density at radius 1 is 0.525 bits per heavy atom. The van der Waals surface area contributed by atoms with Crippen molar-refractivity contribution in [1.29, 1.82) is 0 Å². The molecule has 0 spiro atoms. The van der Waals surface area contributed by atoms with Crippen LogP contribution in [0.5, 0.6) is 0 Å². The summed E-state index contributed by atoms with van der Waals surface area (Å²) in [4.78, 5) is 35.0. The lowest BCUT2D eigenvalue weighted by Crippen LogP contribution is -2.29. The van der Waals surface area contributed by atoms with Crippen LogP contribution in [0.2, 0.25) is 0 Å². The average Bonchev–Trinajstić information content (AvgIpc) is 3.22. The predicted octanol–water partition coefficient (Wildman–Crippen LogP) is 12.4. The Morgan fingerprint density at radius 2 is 0.932 bits per heavy atom. The highest BCUT2D eigenvalue weighted by atomic mass is 31.2. The molecule has 0 aliphatic carbocycles. The molecule has 0 saturated heterocycles. The number of aliphatic hydroxyl groups excluding tert-OH is 2. The van der Waals surface area contributed by atoms with E-state index in [1.165, 1.54) is 83.5 Å². The van der Waals surface area contributed by atoms with E-state index in [1.807, 2.05) is 12.2 Å². The Balaban J connectivity index is 4.38. The summed E-state index contributed by atoms with van der Waals surface area (Å²) in [5.74, 6) is -1.02. The van der Waals surface area contributed by atoms with E-state index in [2.05, 4.69) is 79.1 Å². The number of carbonyl (C=O) groups excluding carboxylic acids is 2. The van der Waals surface area contributed by atoms with E-state index < -0.39 is 51.8 Å². The van der Waals surface area contributed by atoms with Gasteiger partial charge < -0.3 is 24.6 Å². The molecule has 0 aliphatic rings. The summed E-state index contributed by atoms with van der Waals surface area (Å²) >= 11 is 0. The fourth-order valence-corrected chi connectivity index (χ4v) is 6.69. The van der Waals surface area contributed by atoms with Crippen LogP contribution in [0.25, 0.3) is 0 Å². The Morgan fingerprint density at radius 3 is 1.37 bits per heavy atom. The third kappa shape index (κ3) is 43.3. The van der Waals surface area contributed by atoms with Crippen molar-refractivity contribution in [2.24, 2.45) is 0 Å². The summed E-state index contributed by atoms with van der Waals surface area (Å²) in [6.07, 6.45) is 50.2. The van der Waals surface area contributed by atoms with Crippen molar-refractivity contribution in [3.05, 3.63) is 72.9 Å². The maximum Gasteiger partial charge on any atom is 0.472 e. The lowest BCUT2D eigenvalue weighted by atomic mass is 10.0. The second kappa shape index (κ2) is 43.5. The van der Waals surface area contributed by atoms with Crippen LogP contribution in [-0.2, 0) is 32.7 Å². The molecule has 0 rings (SSSR count). The van der Waals surface area contributed by atoms with E-state index in [-0.39, 0.29) is 19.4 Å². The molecule has 0 bridgehead atoms. The summed E-state index contributed by atoms with van der Waals surface area (Å²) in [6, 6.07) is 0. The first-order valence-electron chi connectivity index (χ1n) is 22.9. The minimum absolute atomic E-state index is 0.0574. The third-order valence-electron chi connectivity index (χ3n) is 9.39. The lowest BCUT2D eigenvalue weighted by molar-refractivity contribution is -0.161. The summed E-state index contributed by atoms with van der Waals surface area (Å²) in [6.45, 7) is 2.19. The quantitative estimate of drug-likeness (QED) is 0.0234. The highest BCUT2D eigenvalue weighted by Crippen LogP contribution is 2.43. The normalized spacial score (nSPS) is 14.5. The smallest absolute Gasteiger partial charge is 0.462 e. The van der Waals surface area contributed by atoms with Crippen LogP contribution in [0.15, 0.2) is 72.9 Å². The maximum atomic E-state index is 12.6. The van der Waals surface area contributed by atoms with Gasteiger partial charge in [0, 0.05) is 12.8 Å². The molecule has 0 radical (unpaired) electrons. The molecule has 59 heavy (non-hydrogen) atoms. The molecule has 0 aromatic heterocycles. The summed E-state index contributed by atoms with van der Waals surface area (Å²) in [5, 5.41) is 18.3. The topological polar surface area (TPSA) is 149 Å². The number of hydrogen-bond acceptors (Lipinski definition) is 9. The molecule has 340 valence electrons. The van der Waals surface area contributed by atoms with Crippen molar-refractivity contribution in [1.82, 2.24) is 0 Å². The van der Waals surface area contributed by atoms with E-state index in [4.69, 9.17) is 19.1 Å². The van der Waals surface area contributed by atoms with Crippen LogP contribution in [-0.4, -0.2) is 65.7 Å². The Kier molecular flexibility index (Phi) is 41.6. The van der Waals surface area contributed by atoms with Crippen molar-refractivity contribution in [2.45, 2.75) is 193 Å². The second-order valence-electron chi connectivity index (χ2n) is 15.1. The zero-order valence-corrected chi connectivity index (χ0v) is 37.8. The minimum Gasteiger partial charge on any atom is -0.462 e. The molecular formula is C48H83O10P. The summed E-state index contributed by atoms with van der Waals surface area (Å²) in [5.41, 5.74) is 0. The van der Waals surface area contributed by atoms with Crippen LogP contribution in [0, 0.1) is 0 Å². The molecule has 0 heterocycles. The first-order chi connectivity index (χ1) is 28.7. The van der Waals surface area contributed by atoms with Crippen LogP contribution in [0.4, 0.5) is 0 Å². The van der Waals surface area contributed by atoms with Gasteiger partial charge >= 0.3 is 19.8 Å². The molecule has 0 aromatic carbocycles. The van der Waals surface area contributed by atoms with Crippen molar-refractivity contribution in [3.8, 4) is 0 Å². The highest BCUT2D eigenvalue weighted by molar-refractivity contribution is 7.47. The standard InChI is InChI=1S/C48H83O10P/c1-3-5-7-9-11-13-15-17-19-21-22-24-26-28-30-32-34-36-38-40-48(52)58-46(44-57-59(53,54)56-42-45(50)41-49)43-55-47(51)39-37-35-33-31-29-27-25-23-20-18-16-14-12-10-8-6-4-2/h5,7,11,13,17,19,22,24,28,30,34,36,45-46,49-50H,3-4,6,8-10,12,14-16,18,20-21,23,25-27,29,31-33,35,37-44H2,1-2H3,(H,53,54)/b7-5-,13-11-,19-17-,24-22-,30-28-,36-34-. The van der Waals surface area contributed by atoms with Crippen LogP contribution < -0.4 is 0 Å². The van der Waals surface area contributed by atoms with Crippen LogP contribution in [0.1, 0.15) is 181 Å². The van der Waals surface area contributed by atoms with Gasteiger partial charge in [0.05, 0.1) is 19.8 Å². The lowest BCUT2D eigenvalue weighted by Gasteiger charge is -2.20. The minimum atomic E-state index is -4.64. The van der Waals surface area contributed by atoms with E-state index in [1.54, 1.807) is 0 Å². The SMILES string of the molecule is CC/C=C\C/C=C\C/C=C\C/C=C\C/C=C\C/C=C\CCC(=O)OC(COC(=O)CCCCCCCCCCCCCCCCCCC)COP(=O)(O)OCC(O)CO. The number of hydrogen-bond donors (Lipinski definition) is 3. The third-order valence-corrected chi connectivity index (χ3v) is 10.3. The summed E-state index contributed by atoms with van der Waals surface area (Å²) in [7, 11) is -4.64. The van der Waals surface area contributed by atoms with Gasteiger partial charge in [0.15, 0.2) is 6.10 Å². The number of phosphoric ester groups is 1. The zero-order chi connectivity index (χ0) is 43.3.